The Morgan fingerprint density at radius 1 is 0.841 bits per heavy atom. The molecular formula is C29H28N4O11. The number of aromatic hydroxyl groups is 2. The molecule has 10 N–H and O–H groups in total. The van der Waals surface area contributed by atoms with Crippen LogP contribution in [0.3, 0.4) is 0 Å². The number of nitrogens with zero attached hydrogens (tertiary/aromatic N) is 2. The fourth-order valence-corrected chi connectivity index (χ4v) is 6.41. The monoisotopic (exact) mass is 608 g/mol. The average molecular weight is 609 g/mol. The lowest BCUT2D eigenvalue weighted by molar-refractivity contribution is -0.249. The minimum absolute atomic E-state index is 0.0162. The molecule has 7 rings (SSSR count). The van der Waals surface area contributed by atoms with Crippen LogP contribution in [0, 0.1) is 0 Å². The van der Waals surface area contributed by atoms with Crippen LogP contribution in [0.1, 0.15) is 26.9 Å². The van der Waals surface area contributed by atoms with Gasteiger partial charge in [-0.3, -0.25) is 9.59 Å². The van der Waals surface area contributed by atoms with Crippen LogP contribution in [-0.4, -0.2) is 118 Å². The van der Waals surface area contributed by atoms with Crippen LogP contribution < -0.4 is 5.43 Å². The molecular weight excluding hydrogens is 580 g/mol. The number of benzene rings is 3. The summed E-state index contributed by atoms with van der Waals surface area (Å²) in [7, 11) is 0. The van der Waals surface area contributed by atoms with Crippen LogP contribution in [0.25, 0.3) is 43.6 Å². The number of aliphatic hydroxyl groups is 6. The number of aromatic amines is 1. The van der Waals surface area contributed by atoms with Crippen LogP contribution in [0.15, 0.2) is 36.4 Å². The van der Waals surface area contributed by atoms with Gasteiger partial charge in [0, 0.05) is 33.7 Å². The van der Waals surface area contributed by atoms with Crippen molar-refractivity contribution < 1.29 is 55.2 Å². The minimum atomic E-state index is -1.75. The zero-order valence-electron chi connectivity index (χ0n) is 22.7. The van der Waals surface area contributed by atoms with Gasteiger partial charge in [0.1, 0.15) is 35.9 Å². The zero-order valence-corrected chi connectivity index (χ0v) is 22.7. The van der Waals surface area contributed by atoms with Crippen molar-refractivity contribution in [3.8, 4) is 11.5 Å². The van der Waals surface area contributed by atoms with Crippen molar-refractivity contribution in [1.82, 2.24) is 20.0 Å². The van der Waals surface area contributed by atoms with Gasteiger partial charge >= 0.3 is 0 Å². The van der Waals surface area contributed by atoms with Gasteiger partial charge in [-0.05, 0) is 24.3 Å². The third kappa shape index (κ3) is 3.79. The molecule has 44 heavy (non-hydrogen) atoms. The topological polar surface area (TPSA) is 241 Å². The Labute approximate surface area is 246 Å². The van der Waals surface area contributed by atoms with Gasteiger partial charge in [-0.1, -0.05) is 0 Å². The predicted octanol–water partition coefficient (Wildman–Crippen LogP) is -0.734. The molecule has 0 bridgehead atoms. The van der Waals surface area contributed by atoms with Gasteiger partial charge in [-0.25, -0.2) is 10.4 Å². The van der Waals surface area contributed by atoms with E-state index in [-0.39, 0.29) is 49.9 Å². The van der Waals surface area contributed by atoms with E-state index in [0.29, 0.717) is 21.3 Å². The highest BCUT2D eigenvalue weighted by Gasteiger charge is 2.47. The van der Waals surface area contributed by atoms with Crippen molar-refractivity contribution in [2.24, 2.45) is 0 Å². The smallest absolute Gasteiger partial charge is 0.276 e. The first kappa shape index (κ1) is 28.5. The number of fused-ring (bicyclic) bond motifs is 10. The van der Waals surface area contributed by atoms with E-state index in [9.17, 15) is 50.4 Å². The first-order chi connectivity index (χ1) is 21.1. The molecule has 0 saturated carbocycles. The van der Waals surface area contributed by atoms with E-state index in [2.05, 4.69) is 10.4 Å². The second-order valence-electron chi connectivity index (χ2n) is 11.0. The number of hydrazine groups is 1. The van der Waals surface area contributed by atoms with E-state index in [1.54, 1.807) is 6.07 Å². The minimum Gasteiger partial charge on any atom is -0.508 e. The summed E-state index contributed by atoms with van der Waals surface area (Å²) in [5.74, 6) is -1.86. The number of aliphatic hydroxyl groups excluding tert-OH is 6. The molecule has 5 aromatic rings. The number of H-pyrrole nitrogens is 1. The molecule has 2 aromatic heterocycles. The fourth-order valence-electron chi connectivity index (χ4n) is 6.41. The summed E-state index contributed by atoms with van der Waals surface area (Å²) in [5.41, 5.74) is 3.60. The molecule has 2 amide bonds. The number of carbonyl (C=O) groups excluding carboxylic acids is 2. The standard InChI is InChI=1S/C29H28N4O11/c34-7-10(8-35)31-33-27(42)20-18-13-3-1-11(37)5-15(13)30-22(18)23-19(21(20)28(33)43)14-4-2-12(38)6-16(14)32(23)29-26(41)25(40)24(39)17(9-36)44-29/h1-6,10,17,24-26,29-31,34-41H,7-9H2/t17-,24-,25+,26-,29?/m1/s1. The number of phenolic OH excluding ortho intramolecular Hbond substituents is 2. The fraction of sp³-hybridized carbons (Fsp3) is 0.310. The normalized spacial score (nSPS) is 24.2. The number of carbonyl (C=O) groups is 2. The quantitative estimate of drug-likeness (QED) is 0.107. The maximum Gasteiger partial charge on any atom is 0.276 e. The van der Waals surface area contributed by atoms with Gasteiger partial charge in [-0.15, -0.1) is 0 Å². The van der Waals surface area contributed by atoms with Gasteiger partial charge < -0.3 is 55.1 Å². The second-order valence-corrected chi connectivity index (χ2v) is 11.0. The van der Waals surface area contributed by atoms with Gasteiger partial charge in [0.25, 0.3) is 11.8 Å². The maximum absolute atomic E-state index is 14.1. The second kappa shape index (κ2) is 10.1. The van der Waals surface area contributed by atoms with Gasteiger partial charge in [0.2, 0.25) is 0 Å². The summed E-state index contributed by atoms with van der Waals surface area (Å²) in [5, 5.41) is 84.2. The average Bonchev–Trinajstić information content (AvgIpc) is 3.62. The van der Waals surface area contributed by atoms with E-state index in [1.165, 1.54) is 34.9 Å². The summed E-state index contributed by atoms with van der Waals surface area (Å²) < 4.78 is 7.35. The van der Waals surface area contributed by atoms with Crippen LogP contribution in [-0.2, 0) is 4.74 Å². The molecule has 0 radical (unpaired) electrons. The SMILES string of the molecule is O=C1c2c(c3c4ccc(O)cc4n(C4O[C@H](CO)[C@@H](O)[C@H](O)[C@H]4O)c3c3[nH]c4cc(O)ccc4c23)C(=O)N1NC(CO)CO. The van der Waals surface area contributed by atoms with E-state index >= 15 is 0 Å². The van der Waals surface area contributed by atoms with E-state index < -0.39 is 68.3 Å². The Kier molecular flexibility index (Phi) is 6.54. The van der Waals surface area contributed by atoms with Crippen molar-refractivity contribution in [2.45, 2.75) is 36.7 Å². The van der Waals surface area contributed by atoms with Crippen molar-refractivity contribution in [1.29, 1.82) is 0 Å². The molecule has 3 aromatic carbocycles. The number of ether oxygens (including phenoxy) is 1. The number of imide groups is 1. The molecule has 2 aliphatic heterocycles. The zero-order chi connectivity index (χ0) is 31.2. The van der Waals surface area contributed by atoms with Crippen LogP contribution in [0.2, 0.25) is 0 Å². The number of nitrogens with one attached hydrogen (secondary N) is 2. The molecule has 4 heterocycles. The van der Waals surface area contributed by atoms with Crippen LogP contribution in [0.5, 0.6) is 11.5 Å². The largest absolute Gasteiger partial charge is 0.508 e. The third-order valence-electron chi connectivity index (χ3n) is 8.46. The molecule has 230 valence electrons. The summed E-state index contributed by atoms with van der Waals surface area (Å²) in [6, 6.07) is 7.55. The highest BCUT2D eigenvalue weighted by atomic mass is 16.6. The lowest BCUT2D eigenvalue weighted by Gasteiger charge is -2.41. The Bertz CT molecular complexity index is 2000. The van der Waals surface area contributed by atoms with Crippen molar-refractivity contribution in [3.05, 3.63) is 47.5 Å². The van der Waals surface area contributed by atoms with Crippen LogP contribution in [0.4, 0.5) is 0 Å². The molecule has 1 unspecified atom stereocenters. The molecule has 2 aliphatic rings. The number of hydrogen-bond donors (Lipinski definition) is 10. The molecule has 0 aliphatic carbocycles. The van der Waals surface area contributed by atoms with E-state index in [0.717, 1.165) is 0 Å². The highest BCUT2D eigenvalue weighted by molar-refractivity contribution is 6.39. The Morgan fingerprint density at radius 3 is 2.14 bits per heavy atom. The van der Waals surface area contributed by atoms with Crippen molar-refractivity contribution in [2.75, 3.05) is 19.8 Å². The third-order valence-corrected chi connectivity index (χ3v) is 8.46. The van der Waals surface area contributed by atoms with Crippen molar-refractivity contribution in [3.63, 3.8) is 0 Å². The predicted molar refractivity (Wildman–Crippen MR) is 153 cm³/mol. The number of amides is 2. The number of rotatable bonds is 6. The molecule has 15 nitrogen and oxygen atoms in total. The lowest BCUT2D eigenvalue weighted by Crippen LogP contribution is -2.56. The molecule has 15 heteroatoms. The number of hydrogen-bond acceptors (Lipinski definition) is 12. The Hall–Kier alpha value is -4.32. The summed E-state index contributed by atoms with van der Waals surface area (Å²) in [6.07, 6.45) is -7.92. The Morgan fingerprint density at radius 2 is 1.48 bits per heavy atom. The van der Waals surface area contributed by atoms with Gasteiger partial charge in [-0.2, -0.15) is 0 Å². The van der Waals surface area contributed by atoms with E-state index in [1.807, 2.05) is 0 Å². The molecule has 1 fully saturated rings. The molecule has 1 saturated heterocycles. The first-order valence-electron chi connectivity index (χ1n) is 13.7. The number of phenols is 2. The Balaban J connectivity index is 1.65. The number of aromatic nitrogens is 2. The van der Waals surface area contributed by atoms with E-state index in [4.69, 9.17) is 4.74 Å². The summed E-state index contributed by atoms with van der Waals surface area (Å²) in [6.45, 7) is -1.88. The van der Waals surface area contributed by atoms with Gasteiger partial charge in [0.15, 0.2) is 6.23 Å². The van der Waals surface area contributed by atoms with Crippen LogP contribution >= 0.6 is 0 Å². The summed E-state index contributed by atoms with van der Waals surface area (Å²) in [4.78, 5) is 31.2. The molecule has 0 spiro atoms. The van der Waals surface area contributed by atoms with Gasteiger partial charge in [0.05, 0.1) is 59.1 Å². The maximum atomic E-state index is 14.1. The van der Waals surface area contributed by atoms with Crippen molar-refractivity contribution >= 4 is 55.4 Å². The first-order valence-corrected chi connectivity index (χ1v) is 13.7. The lowest BCUT2D eigenvalue weighted by atomic mass is 9.96. The molecule has 5 atom stereocenters. The summed E-state index contributed by atoms with van der Waals surface area (Å²) >= 11 is 0. The highest BCUT2D eigenvalue weighted by Crippen LogP contribution is 2.47.